The van der Waals surface area contributed by atoms with Crippen LogP contribution < -0.4 is 56.8 Å². The minimum Gasteiger partial charge on any atom is -1.00 e. The first kappa shape index (κ1) is 29.4. The standard InChI is InChI=1S/C23H18F3N3O3S2.K.H/c1-3-13(10-27)19(30)17-8-9-18(34-17)22(32)29-28-12(2)16-11-33-21(20(16)31)14-4-6-15(7-5-14)23(24,25)26;;/h4-9,11,13,31H,3H2,1-2H3,(H,29,32);;/q;+1;-1. The van der Waals surface area contributed by atoms with E-state index in [0.717, 1.165) is 34.8 Å². The van der Waals surface area contributed by atoms with Crippen molar-refractivity contribution in [2.24, 2.45) is 11.0 Å². The molecule has 0 bridgehead atoms. The SMILES string of the molecule is CCC(C#N)C(=O)c1ccc(C(=O)NN=C(C)c2csc(-c3ccc(C(F)(F)F)cc3)c2O)s1.[H-].[K+]. The minimum absolute atomic E-state index is 0. The van der Waals surface area contributed by atoms with Gasteiger partial charge in [0.2, 0.25) is 0 Å². The van der Waals surface area contributed by atoms with Gasteiger partial charge in [-0.15, -0.1) is 22.7 Å². The number of carbonyl (C=O) groups is 2. The molecule has 12 heteroatoms. The number of Topliss-reactive ketones (excluding diaryl/α,β-unsaturated/α-hetero) is 1. The Morgan fingerprint density at radius 1 is 1.20 bits per heavy atom. The zero-order valence-corrected chi connectivity index (χ0v) is 23.7. The Hall–Kier alpha value is -1.85. The van der Waals surface area contributed by atoms with Gasteiger partial charge in [0.25, 0.3) is 5.91 Å². The zero-order chi connectivity index (χ0) is 25.0. The number of ketones is 1. The Morgan fingerprint density at radius 3 is 2.40 bits per heavy atom. The number of hydrogen-bond donors (Lipinski definition) is 2. The van der Waals surface area contributed by atoms with Gasteiger partial charge in [0.05, 0.1) is 37.5 Å². The van der Waals surface area contributed by atoms with Gasteiger partial charge in [-0.2, -0.15) is 23.5 Å². The van der Waals surface area contributed by atoms with Crippen molar-refractivity contribution in [2.45, 2.75) is 26.4 Å². The van der Waals surface area contributed by atoms with Gasteiger partial charge in [0, 0.05) is 5.38 Å². The van der Waals surface area contributed by atoms with Gasteiger partial charge < -0.3 is 6.53 Å². The van der Waals surface area contributed by atoms with Gasteiger partial charge in [-0.25, -0.2) is 5.43 Å². The predicted molar refractivity (Wildman–Crippen MR) is 125 cm³/mol. The Morgan fingerprint density at radius 2 is 1.83 bits per heavy atom. The fraction of sp³-hybridized carbons (Fsp3) is 0.217. The molecule has 1 amide bonds. The van der Waals surface area contributed by atoms with Gasteiger partial charge in [0.1, 0.15) is 11.7 Å². The van der Waals surface area contributed by atoms with E-state index in [0.29, 0.717) is 27.3 Å². The van der Waals surface area contributed by atoms with Crippen molar-refractivity contribution >= 4 is 40.1 Å². The molecule has 3 aromatic rings. The van der Waals surface area contributed by atoms with E-state index >= 15 is 0 Å². The third-order valence-electron chi connectivity index (χ3n) is 4.91. The van der Waals surface area contributed by atoms with Crippen molar-refractivity contribution in [2.75, 3.05) is 0 Å². The van der Waals surface area contributed by atoms with Crippen LogP contribution in [0.2, 0.25) is 0 Å². The molecule has 0 aliphatic rings. The summed E-state index contributed by atoms with van der Waals surface area (Å²) >= 11 is 2.08. The molecule has 0 spiro atoms. The van der Waals surface area contributed by atoms with Gasteiger partial charge in [0.15, 0.2) is 5.78 Å². The molecule has 0 aliphatic carbocycles. The smallest absolute Gasteiger partial charge is 1.00 e. The van der Waals surface area contributed by atoms with Crippen LogP contribution in [-0.2, 0) is 6.18 Å². The number of hydrazone groups is 1. The number of benzene rings is 1. The van der Waals surface area contributed by atoms with Crippen LogP contribution in [0.15, 0.2) is 46.9 Å². The molecular formula is C23H19F3KN3O3S2. The van der Waals surface area contributed by atoms with Gasteiger partial charge in [-0.05, 0) is 43.2 Å². The number of carbonyl (C=O) groups excluding carboxylic acids is 2. The molecule has 1 aromatic carbocycles. The molecule has 2 heterocycles. The normalized spacial score (nSPS) is 12.4. The molecule has 0 fully saturated rings. The van der Waals surface area contributed by atoms with Crippen LogP contribution >= 0.6 is 22.7 Å². The molecule has 0 radical (unpaired) electrons. The van der Waals surface area contributed by atoms with Crippen molar-refractivity contribution in [3.05, 3.63) is 62.7 Å². The Bertz CT molecular complexity index is 1300. The number of alkyl halides is 3. The third kappa shape index (κ3) is 6.88. The number of thiophene rings is 2. The average molecular weight is 546 g/mol. The fourth-order valence-corrected chi connectivity index (χ4v) is 4.88. The van der Waals surface area contributed by atoms with Crippen LogP contribution in [0.3, 0.4) is 0 Å². The number of hydrogen-bond acceptors (Lipinski definition) is 7. The zero-order valence-electron chi connectivity index (χ0n) is 19.9. The molecule has 35 heavy (non-hydrogen) atoms. The first-order valence-electron chi connectivity index (χ1n) is 9.93. The van der Waals surface area contributed by atoms with Gasteiger partial charge in [-0.1, -0.05) is 19.1 Å². The van der Waals surface area contributed by atoms with E-state index in [1.807, 2.05) is 6.07 Å². The van der Waals surface area contributed by atoms with E-state index < -0.39 is 23.6 Å². The maximum absolute atomic E-state index is 12.8. The molecular weight excluding hydrogens is 526 g/mol. The second kappa shape index (κ2) is 12.4. The third-order valence-corrected chi connectivity index (χ3v) is 7.02. The summed E-state index contributed by atoms with van der Waals surface area (Å²) in [6, 6.07) is 9.32. The summed E-state index contributed by atoms with van der Waals surface area (Å²) in [4.78, 5) is 25.6. The van der Waals surface area contributed by atoms with Crippen LogP contribution in [0, 0.1) is 17.2 Å². The van der Waals surface area contributed by atoms with Crippen molar-refractivity contribution in [3.8, 4) is 22.3 Å². The Kier molecular flexibility index (Phi) is 10.4. The largest absolute Gasteiger partial charge is 1.00 e. The summed E-state index contributed by atoms with van der Waals surface area (Å²) in [6.07, 6.45) is -4.08. The number of nitrogens with zero attached hydrogens (tertiary/aromatic N) is 2. The first-order chi connectivity index (χ1) is 16.1. The topological polar surface area (TPSA) is 103 Å². The summed E-state index contributed by atoms with van der Waals surface area (Å²) in [6.45, 7) is 3.29. The number of halogens is 3. The van der Waals surface area contributed by atoms with Crippen LogP contribution in [0.1, 0.15) is 52.2 Å². The summed E-state index contributed by atoms with van der Waals surface area (Å²) in [5, 5.41) is 25.2. The van der Waals surface area contributed by atoms with Gasteiger partial charge in [-0.3, -0.25) is 9.59 Å². The molecule has 178 valence electrons. The molecule has 0 saturated carbocycles. The Labute approximate surface area is 251 Å². The van der Waals surface area contributed by atoms with Crippen LogP contribution in [-0.4, -0.2) is 22.5 Å². The molecule has 2 N–H and O–H groups in total. The van der Waals surface area contributed by atoms with E-state index in [9.17, 15) is 27.9 Å². The maximum Gasteiger partial charge on any atom is 1.00 e. The molecule has 0 aliphatic heterocycles. The first-order valence-corrected chi connectivity index (χ1v) is 11.6. The average Bonchev–Trinajstić information content (AvgIpc) is 3.45. The van der Waals surface area contributed by atoms with Crippen LogP contribution in [0.25, 0.3) is 10.4 Å². The number of nitriles is 1. The van der Waals surface area contributed by atoms with E-state index in [-0.39, 0.29) is 74.9 Å². The molecule has 1 unspecified atom stereocenters. The maximum atomic E-state index is 12.8. The molecule has 1 atom stereocenters. The summed E-state index contributed by atoms with van der Waals surface area (Å²) in [5.41, 5.74) is 2.59. The van der Waals surface area contributed by atoms with Crippen molar-refractivity contribution in [3.63, 3.8) is 0 Å². The van der Waals surface area contributed by atoms with E-state index in [1.165, 1.54) is 24.3 Å². The van der Waals surface area contributed by atoms with Crippen LogP contribution in [0.4, 0.5) is 13.2 Å². The molecule has 0 saturated heterocycles. The predicted octanol–water partition coefficient (Wildman–Crippen LogP) is 3.20. The number of rotatable bonds is 7. The van der Waals surface area contributed by atoms with Crippen molar-refractivity contribution in [1.29, 1.82) is 5.26 Å². The minimum atomic E-state index is -4.45. The van der Waals surface area contributed by atoms with Gasteiger partial charge >= 0.3 is 57.6 Å². The quantitative estimate of drug-likeness (QED) is 0.206. The van der Waals surface area contributed by atoms with E-state index in [1.54, 1.807) is 19.2 Å². The monoisotopic (exact) mass is 545 g/mol. The summed E-state index contributed by atoms with van der Waals surface area (Å²) in [7, 11) is 0. The fourth-order valence-electron chi connectivity index (χ4n) is 2.97. The number of aromatic hydroxyl groups is 1. The van der Waals surface area contributed by atoms with E-state index in [2.05, 4.69) is 10.5 Å². The van der Waals surface area contributed by atoms with Crippen LogP contribution in [0.5, 0.6) is 5.75 Å². The molecule has 6 nitrogen and oxygen atoms in total. The van der Waals surface area contributed by atoms with Crippen molar-refractivity contribution < 1.29 is 80.7 Å². The Balaban J connectivity index is 0.00000324. The van der Waals surface area contributed by atoms with E-state index in [4.69, 9.17) is 5.26 Å². The number of nitrogens with one attached hydrogen (secondary N) is 1. The summed E-state index contributed by atoms with van der Waals surface area (Å²) in [5.74, 6) is -1.83. The molecule has 3 rings (SSSR count). The second-order valence-electron chi connectivity index (χ2n) is 7.16. The number of amides is 1. The second-order valence-corrected chi connectivity index (χ2v) is 9.12. The van der Waals surface area contributed by atoms with Crippen molar-refractivity contribution in [1.82, 2.24) is 5.43 Å². The molecule has 2 aromatic heterocycles. The summed E-state index contributed by atoms with van der Waals surface area (Å²) < 4.78 is 38.3.